The number of rotatable bonds is 7. The molecule has 2 aromatic rings. The number of piperidine rings is 1. The molecule has 0 radical (unpaired) electrons. The van der Waals surface area contributed by atoms with Crippen LogP contribution in [-0.4, -0.2) is 38.3 Å². The van der Waals surface area contributed by atoms with E-state index < -0.39 is 0 Å². The van der Waals surface area contributed by atoms with E-state index in [2.05, 4.69) is 23.2 Å². The molecule has 0 amide bonds. The minimum Gasteiger partial charge on any atom is -0.497 e. The minimum absolute atomic E-state index is 0.215. The number of hydrogen-bond donors (Lipinski definition) is 1. The van der Waals surface area contributed by atoms with Crippen molar-refractivity contribution in [3.63, 3.8) is 0 Å². The van der Waals surface area contributed by atoms with Crippen molar-refractivity contribution >= 4 is 0 Å². The second-order valence-corrected chi connectivity index (χ2v) is 6.63. The van der Waals surface area contributed by atoms with Crippen molar-refractivity contribution in [1.29, 1.82) is 0 Å². The maximum absolute atomic E-state index is 5.52. The van der Waals surface area contributed by atoms with Gasteiger partial charge in [-0.15, -0.1) is 0 Å². The Morgan fingerprint density at radius 3 is 2.64 bits per heavy atom. The lowest BCUT2D eigenvalue weighted by Crippen LogP contribution is -2.42. The standard InChI is InChI=1S/C20H28N2O3/c1-15(19-13-17(23-2)6-7-20(19)24-3)21-16-8-10-22(11-9-16)14-18-5-4-12-25-18/h4-7,12-13,15-16,21H,8-11,14H2,1-3H3. The van der Waals surface area contributed by atoms with Crippen LogP contribution in [0.4, 0.5) is 0 Å². The third kappa shape index (κ3) is 4.55. The largest absolute Gasteiger partial charge is 0.497 e. The second kappa shape index (κ2) is 8.41. The maximum Gasteiger partial charge on any atom is 0.123 e. The molecule has 3 rings (SSSR count). The Balaban J connectivity index is 1.55. The predicted octanol–water partition coefficient (Wildman–Crippen LogP) is 3.61. The first-order valence-corrected chi connectivity index (χ1v) is 8.92. The molecular weight excluding hydrogens is 316 g/mol. The van der Waals surface area contributed by atoms with Gasteiger partial charge in [0.2, 0.25) is 0 Å². The van der Waals surface area contributed by atoms with Gasteiger partial charge in [0.25, 0.3) is 0 Å². The van der Waals surface area contributed by atoms with Gasteiger partial charge >= 0.3 is 0 Å². The fraction of sp³-hybridized carbons (Fsp3) is 0.500. The summed E-state index contributed by atoms with van der Waals surface area (Å²) < 4.78 is 16.3. The molecule has 0 bridgehead atoms. The average molecular weight is 344 g/mol. The average Bonchev–Trinajstić information content (AvgIpc) is 3.15. The van der Waals surface area contributed by atoms with Gasteiger partial charge in [-0.3, -0.25) is 4.90 Å². The molecule has 1 aromatic carbocycles. The molecular formula is C20H28N2O3. The van der Waals surface area contributed by atoms with E-state index in [4.69, 9.17) is 13.9 Å². The Hall–Kier alpha value is -1.98. The van der Waals surface area contributed by atoms with Crippen LogP contribution in [-0.2, 0) is 6.54 Å². The van der Waals surface area contributed by atoms with Crippen LogP contribution in [0.5, 0.6) is 11.5 Å². The molecule has 0 saturated carbocycles. The molecule has 5 nitrogen and oxygen atoms in total. The van der Waals surface area contributed by atoms with Crippen LogP contribution in [0, 0.1) is 0 Å². The minimum atomic E-state index is 0.215. The van der Waals surface area contributed by atoms with E-state index in [-0.39, 0.29) is 6.04 Å². The number of nitrogens with zero attached hydrogens (tertiary/aromatic N) is 1. The first kappa shape index (κ1) is 17.8. The van der Waals surface area contributed by atoms with Gasteiger partial charge in [-0.2, -0.15) is 0 Å². The van der Waals surface area contributed by atoms with Gasteiger partial charge in [-0.25, -0.2) is 0 Å². The van der Waals surface area contributed by atoms with E-state index in [1.165, 1.54) is 0 Å². The number of hydrogen-bond acceptors (Lipinski definition) is 5. The van der Waals surface area contributed by atoms with Crippen LogP contribution in [0.15, 0.2) is 41.0 Å². The molecule has 1 saturated heterocycles. The van der Waals surface area contributed by atoms with Crippen molar-refractivity contribution in [2.45, 2.75) is 38.4 Å². The zero-order valence-electron chi connectivity index (χ0n) is 15.3. The summed E-state index contributed by atoms with van der Waals surface area (Å²) >= 11 is 0. The summed E-state index contributed by atoms with van der Waals surface area (Å²) in [4.78, 5) is 2.45. The van der Waals surface area contributed by atoms with Gasteiger partial charge in [0.15, 0.2) is 0 Å². The lowest BCUT2D eigenvalue weighted by atomic mass is 10.0. The van der Waals surface area contributed by atoms with Gasteiger partial charge < -0.3 is 19.2 Å². The summed E-state index contributed by atoms with van der Waals surface area (Å²) in [5.41, 5.74) is 1.14. The fourth-order valence-corrected chi connectivity index (χ4v) is 3.50. The van der Waals surface area contributed by atoms with Crippen molar-refractivity contribution in [3.05, 3.63) is 47.9 Å². The van der Waals surface area contributed by atoms with Crippen LogP contribution < -0.4 is 14.8 Å². The molecule has 25 heavy (non-hydrogen) atoms. The Morgan fingerprint density at radius 1 is 1.20 bits per heavy atom. The molecule has 1 N–H and O–H groups in total. The molecule has 1 aromatic heterocycles. The van der Waals surface area contributed by atoms with Crippen molar-refractivity contribution in [3.8, 4) is 11.5 Å². The quantitative estimate of drug-likeness (QED) is 0.831. The summed E-state index contributed by atoms with van der Waals surface area (Å²) in [6.07, 6.45) is 4.02. The zero-order valence-corrected chi connectivity index (χ0v) is 15.3. The Labute approximate surface area is 149 Å². The molecule has 1 aliphatic rings. The molecule has 0 aliphatic carbocycles. The highest BCUT2D eigenvalue weighted by atomic mass is 16.5. The number of likely N-dealkylation sites (tertiary alicyclic amines) is 1. The van der Waals surface area contributed by atoms with E-state index in [1.54, 1.807) is 20.5 Å². The first-order chi connectivity index (χ1) is 12.2. The van der Waals surface area contributed by atoms with Gasteiger partial charge in [0, 0.05) is 30.7 Å². The fourth-order valence-electron chi connectivity index (χ4n) is 3.50. The molecule has 1 atom stereocenters. The zero-order chi connectivity index (χ0) is 17.6. The van der Waals surface area contributed by atoms with E-state index in [9.17, 15) is 0 Å². The molecule has 0 spiro atoms. The van der Waals surface area contributed by atoms with Crippen LogP contribution in [0.3, 0.4) is 0 Å². The topological polar surface area (TPSA) is 46.9 Å². The van der Waals surface area contributed by atoms with Crippen LogP contribution in [0.25, 0.3) is 0 Å². The van der Waals surface area contributed by atoms with E-state index in [1.807, 2.05) is 24.3 Å². The van der Waals surface area contributed by atoms with E-state index >= 15 is 0 Å². The highest BCUT2D eigenvalue weighted by Gasteiger charge is 2.22. The lowest BCUT2D eigenvalue weighted by Gasteiger charge is -2.33. The number of nitrogens with one attached hydrogen (secondary N) is 1. The SMILES string of the molecule is COc1ccc(OC)c(C(C)NC2CCN(Cc3ccco3)CC2)c1. The summed E-state index contributed by atoms with van der Waals surface area (Å²) in [5, 5.41) is 3.75. The third-order valence-corrected chi connectivity index (χ3v) is 4.94. The smallest absolute Gasteiger partial charge is 0.123 e. The van der Waals surface area contributed by atoms with Gasteiger partial charge in [0.05, 0.1) is 27.0 Å². The predicted molar refractivity (Wildman–Crippen MR) is 98.1 cm³/mol. The first-order valence-electron chi connectivity index (χ1n) is 8.92. The number of ether oxygens (including phenoxy) is 2. The second-order valence-electron chi connectivity index (χ2n) is 6.63. The lowest BCUT2D eigenvalue weighted by molar-refractivity contribution is 0.174. The third-order valence-electron chi connectivity index (χ3n) is 4.94. The van der Waals surface area contributed by atoms with Gasteiger partial charge in [-0.1, -0.05) is 0 Å². The highest BCUT2D eigenvalue weighted by Crippen LogP contribution is 2.30. The number of furan rings is 1. The van der Waals surface area contributed by atoms with Gasteiger partial charge in [-0.05, 0) is 50.1 Å². The van der Waals surface area contributed by atoms with E-state index in [0.29, 0.717) is 6.04 Å². The number of methoxy groups -OCH3 is 2. The molecule has 2 heterocycles. The summed E-state index contributed by atoms with van der Waals surface area (Å²) in [7, 11) is 3.41. The molecule has 1 unspecified atom stereocenters. The Morgan fingerprint density at radius 2 is 2.00 bits per heavy atom. The Kier molecular flexibility index (Phi) is 6.00. The van der Waals surface area contributed by atoms with Gasteiger partial charge in [0.1, 0.15) is 17.3 Å². The van der Waals surface area contributed by atoms with Crippen LogP contribution in [0.2, 0.25) is 0 Å². The van der Waals surface area contributed by atoms with Crippen LogP contribution >= 0.6 is 0 Å². The van der Waals surface area contributed by atoms with Crippen molar-refractivity contribution in [2.75, 3.05) is 27.3 Å². The van der Waals surface area contributed by atoms with Crippen molar-refractivity contribution in [2.24, 2.45) is 0 Å². The summed E-state index contributed by atoms with van der Waals surface area (Å²) in [5.74, 6) is 2.80. The van der Waals surface area contributed by atoms with E-state index in [0.717, 1.165) is 55.3 Å². The van der Waals surface area contributed by atoms with Crippen LogP contribution in [0.1, 0.15) is 37.1 Å². The summed E-state index contributed by atoms with van der Waals surface area (Å²) in [6.45, 7) is 5.26. The van der Waals surface area contributed by atoms with Crippen molar-refractivity contribution < 1.29 is 13.9 Å². The monoisotopic (exact) mass is 344 g/mol. The number of benzene rings is 1. The highest BCUT2D eigenvalue weighted by molar-refractivity contribution is 5.42. The molecule has 1 fully saturated rings. The summed E-state index contributed by atoms with van der Waals surface area (Å²) in [6, 6.07) is 10.7. The molecule has 1 aliphatic heterocycles. The maximum atomic E-state index is 5.52. The van der Waals surface area contributed by atoms with Crippen molar-refractivity contribution in [1.82, 2.24) is 10.2 Å². The molecule has 5 heteroatoms. The Bertz CT molecular complexity index is 649. The normalized spacial score (nSPS) is 17.4. The molecule has 136 valence electrons.